The molecule has 0 aliphatic carbocycles. The first-order chi connectivity index (χ1) is 35.8. The zero-order chi connectivity index (χ0) is 54.6. The van der Waals surface area contributed by atoms with E-state index in [9.17, 15) is 34.5 Å². The number of primary amides is 1. The van der Waals surface area contributed by atoms with Gasteiger partial charge in [-0.25, -0.2) is 0 Å². The minimum atomic E-state index is -1.63. The van der Waals surface area contributed by atoms with Gasteiger partial charge in [0.15, 0.2) is 6.29 Å². The lowest BCUT2D eigenvalue weighted by Gasteiger charge is -2.44. The van der Waals surface area contributed by atoms with Crippen LogP contribution in [0.2, 0.25) is 0 Å². The third-order valence-corrected chi connectivity index (χ3v) is 14.2. The van der Waals surface area contributed by atoms with Gasteiger partial charge < -0.3 is 66.4 Å². The zero-order valence-corrected chi connectivity index (χ0v) is 47.2. The number of rotatable bonds is 51. The van der Waals surface area contributed by atoms with Crippen molar-refractivity contribution in [2.24, 2.45) is 17.2 Å². The number of unbranched alkanes of at least 4 members (excludes halogenated alkanes) is 27. The molecule has 17 nitrogen and oxygen atoms in total. The van der Waals surface area contributed by atoms with Gasteiger partial charge in [-0.05, 0) is 45.6 Å². The molecule has 1 saturated heterocycles. The van der Waals surface area contributed by atoms with Crippen molar-refractivity contribution in [3.05, 3.63) is 0 Å². The van der Waals surface area contributed by atoms with E-state index in [0.717, 1.165) is 32.1 Å². The Labute approximate surface area is 448 Å². The number of aliphatic hydroxyl groups excluding tert-OH is 3. The highest BCUT2D eigenvalue weighted by atomic mass is 16.6. The van der Waals surface area contributed by atoms with E-state index in [1.165, 1.54) is 160 Å². The highest BCUT2D eigenvalue weighted by Crippen LogP contribution is 2.25. The minimum absolute atomic E-state index is 0.0411. The summed E-state index contributed by atoms with van der Waals surface area (Å²) in [5.74, 6) is -2.63. The molecular formula is C57H111N5O12. The Hall–Kier alpha value is -2.48. The molecule has 1 unspecified atom stereocenters. The summed E-state index contributed by atoms with van der Waals surface area (Å²) in [7, 11) is 0. The first-order valence-electron chi connectivity index (χ1n) is 29.8. The second kappa shape index (κ2) is 46.6. The molecule has 0 spiro atoms. The van der Waals surface area contributed by atoms with Gasteiger partial charge in [0, 0.05) is 33.1 Å². The molecule has 1 fully saturated rings. The van der Waals surface area contributed by atoms with E-state index in [-0.39, 0.29) is 39.0 Å². The molecule has 0 bridgehead atoms. The lowest BCUT2D eigenvalue weighted by molar-refractivity contribution is -0.268. The third kappa shape index (κ3) is 34.3. The van der Waals surface area contributed by atoms with Crippen molar-refractivity contribution in [3.63, 3.8) is 0 Å². The molecule has 1 rings (SSSR count). The van der Waals surface area contributed by atoms with E-state index in [4.69, 9.17) is 40.9 Å². The van der Waals surface area contributed by atoms with E-state index in [1.54, 1.807) is 6.92 Å². The van der Waals surface area contributed by atoms with Crippen LogP contribution in [0.3, 0.4) is 0 Å². The Bertz CT molecular complexity index is 1390. The maximum absolute atomic E-state index is 14.0. The van der Waals surface area contributed by atoms with Crippen LogP contribution in [0.5, 0.6) is 0 Å². The van der Waals surface area contributed by atoms with Crippen molar-refractivity contribution in [1.82, 2.24) is 10.2 Å². The Morgan fingerprint density at radius 3 is 1.62 bits per heavy atom. The number of nitrogens with zero attached hydrogens (tertiary/aromatic N) is 1. The van der Waals surface area contributed by atoms with Crippen molar-refractivity contribution in [3.8, 4) is 0 Å². The van der Waals surface area contributed by atoms with Crippen molar-refractivity contribution in [2.75, 3.05) is 46.1 Å². The van der Waals surface area contributed by atoms with Crippen LogP contribution in [0.1, 0.15) is 240 Å². The molecule has 0 saturated carbocycles. The number of amides is 3. The highest BCUT2D eigenvalue weighted by molar-refractivity contribution is 5.89. The quantitative estimate of drug-likeness (QED) is 0.0224. The van der Waals surface area contributed by atoms with Gasteiger partial charge in [0.05, 0.1) is 25.4 Å². The van der Waals surface area contributed by atoms with Gasteiger partial charge >= 0.3 is 5.97 Å². The van der Waals surface area contributed by atoms with E-state index >= 15 is 0 Å². The molecule has 0 aromatic rings. The largest absolute Gasteiger partial charge is 0.463 e. The number of carbonyl (C=O) groups is 4. The molecule has 10 N–H and O–H groups in total. The van der Waals surface area contributed by atoms with Crippen molar-refractivity contribution in [2.45, 2.75) is 295 Å². The Morgan fingerprint density at radius 1 is 0.676 bits per heavy atom. The van der Waals surface area contributed by atoms with Crippen molar-refractivity contribution < 1.29 is 58.2 Å². The molecule has 9 atom stereocenters. The number of carbonyl (C=O) groups excluding carboxylic acids is 4. The van der Waals surface area contributed by atoms with Crippen LogP contribution >= 0.6 is 0 Å². The summed E-state index contributed by atoms with van der Waals surface area (Å²) < 4.78 is 29.5. The van der Waals surface area contributed by atoms with Crippen molar-refractivity contribution >= 4 is 23.7 Å². The maximum Gasteiger partial charge on any atom is 0.305 e. The predicted molar refractivity (Wildman–Crippen MR) is 293 cm³/mol. The van der Waals surface area contributed by atoms with Gasteiger partial charge in [-0.15, -0.1) is 0 Å². The Kier molecular flexibility index (Phi) is 43.8. The number of esters is 1. The fourth-order valence-electron chi connectivity index (χ4n) is 9.71. The summed E-state index contributed by atoms with van der Waals surface area (Å²) >= 11 is 0. The molecule has 436 valence electrons. The first-order valence-corrected chi connectivity index (χ1v) is 29.8. The van der Waals surface area contributed by atoms with E-state index in [2.05, 4.69) is 19.2 Å². The summed E-state index contributed by atoms with van der Waals surface area (Å²) in [6.45, 7) is 8.13. The van der Waals surface area contributed by atoms with Crippen LogP contribution in [0.4, 0.5) is 0 Å². The molecule has 17 heteroatoms. The average Bonchev–Trinajstić information content (AvgIpc) is 3.37. The maximum atomic E-state index is 14.0. The smallest absolute Gasteiger partial charge is 0.305 e. The second-order valence-electron chi connectivity index (χ2n) is 21.2. The molecule has 3 amide bonds. The second-order valence-corrected chi connectivity index (χ2v) is 21.2. The van der Waals surface area contributed by atoms with Crippen LogP contribution in [-0.4, -0.2) is 145 Å². The Balaban J connectivity index is 2.86. The molecular weight excluding hydrogens is 947 g/mol. The van der Waals surface area contributed by atoms with Gasteiger partial charge in [0.2, 0.25) is 17.7 Å². The monoisotopic (exact) mass is 1060 g/mol. The van der Waals surface area contributed by atoms with Gasteiger partial charge in [0.25, 0.3) is 0 Å². The van der Waals surface area contributed by atoms with E-state index in [0.29, 0.717) is 32.6 Å². The molecule has 0 aromatic heterocycles. The molecule has 74 heavy (non-hydrogen) atoms. The number of nitrogens with one attached hydrogen (secondary N) is 1. The van der Waals surface area contributed by atoms with E-state index < -0.39 is 85.2 Å². The topological polar surface area (TPSA) is 268 Å². The third-order valence-electron chi connectivity index (χ3n) is 14.2. The van der Waals surface area contributed by atoms with Crippen LogP contribution in [0.15, 0.2) is 0 Å². The standard InChI is InChI=1S/C57H111N5O12/c1-5-7-9-11-13-15-17-19-21-23-25-27-29-33-39-70-43-47(71-40-34-30-28-26-24-22-20-18-16-14-12-10-8-6-2)44-72-51(65)37-36-49(55(60)67)62(56(68)48(59)35-31-32-38-58)41-45(3)73-54-52(61-46(4)64)57(69)74-50(42-63)53(54)66/h45,47-50,52-54,57,63,66,69H,5-44,58-59H2,1-4H3,(H2,60,67)(H,61,64)/t45?,47-,48+,49-,50-,52-,53-,54-,57+/m1/s1. The van der Waals surface area contributed by atoms with Crippen LogP contribution in [0.25, 0.3) is 0 Å². The van der Waals surface area contributed by atoms with Crippen LogP contribution in [0, 0.1) is 0 Å². The number of ether oxygens (including phenoxy) is 5. The molecule has 1 aliphatic rings. The normalized spacial score (nSPS) is 19.4. The van der Waals surface area contributed by atoms with Crippen LogP contribution < -0.4 is 22.5 Å². The molecule has 1 heterocycles. The highest BCUT2D eigenvalue weighted by Gasteiger charge is 2.47. The molecule has 0 radical (unpaired) electrons. The number of hydrogen-bond acceptors (Lipinski definition) is 14. The fourth-order valence-corrected chi connectivity index (χ4v) is 9.71. The predicted octanol–water partition coefficient (Wildman–Crippen LogP) is 8.16. The lowest BCUT2D eigenvalue weighted by Crippen LogP contribution is -2.65. The van der Waals surface area contributed by atoms with Gasteiger partial charge in [-0.3, -0.25) is 19.2 Å². The minimum Gasteiger partial charge on any atom is -0.463 e. The molecule has 1 aliphatic heterocycles. The number of hydrogen-bond donors (Lipinski definition) is 7. The SMILES string of the molecule is CCCCCCCCCCCCCCCCOC[C@H](COC(=O)CC[C@H](C(N)=O)N(CC(C)O[C@H]1[C@H](O)[C@@H](CO)O[C@H](O)[C@@H]1NC(C)=O)C(=O)[C@@H](N)CCCCN)OCCCCCCCCCCCCCCCC. The van der Waals surface area contributed by atoms with Crippen molar-refractivity contribution in [1.29, 1.82) is 0 Å². The number of nitrogens with two attached hydrogens (primary N) is 3. The van der Waals surface area contributed by atoms with Gasteiger partial charge in [-0.2, -0.15) is 0 Å². The zero-order valence-electron chi connectivity index (χ0n) is 47.2. The average molecular weight is 1060 g/mol. The van der Waals surface area contributed by atoms with Gasteiger partial charge in [0.1, 0.15) is 43.1 Å². The summed E-state index contributed by atoms with van der Waals surface area (Å²) in [6.07, 6.45) is 29.4. The summed E-state index contributed by atoms with van der Waals surface area (Å²) in [5, 5.41) is 34.0. The molecule has 0 aromatic carbocycles. The number of aliphatic hydroxyl groups is 3. The summed E-state index contributed by atoms with van der Waals surface area (Å²) in [6, 6.07) is -3.58. The summed E-state index contributed by atoms with van der Waals surface area (Å²) in [5.41, 5.74) is 18.0. The van der Waals surface area contributed by atoms with E-state index in [1.807, 2.05) is 0 Å². The summed E-state index contributed by atoms with van der Waals surface area (Å²) in [4.78, 5) is 53.8. The fraction of sp³-hybridized carbons (Fsp3) is 0.930. The lowest BCUT2D eigenvalue weighted by atomic mass is 9.96. The van der Waals surface area contributed by atoms with Gasteiger partial charge in [-0.1, -0.05) is 187 Å². The first kappa shape index (κ1) is 69.5. The van der Waals surface area contributed by atoms with Crippen LogP contribution in [-0.2, 0) is 42.9 Å². The Morgan fingerprint density at radius 2 is 1.16 bits per heavy atom.